The van der Waals surface area contributed by atoms with Crippen LogP contribution >= 0.6 is 0 Å². The third kappa shape index (κ3) is 4.64. The van der Waals surface area contributed by atoms with Gasteiger partial charge in [-0.15, -0.1) is 0 Å². The van der Waals surface area contributed by atoms with E-state index in [1.54, 1.807) is 19.1 Å². The fourth-order valence-electron chi connectivity index (χ4n) is 1.97. The van der Waals surface area contributed by atoms with E-state index < -0.39 is 0 Å². The summed E-state index contributed by atoms with van der Waals surface area (Å²) in [7, 11) is 0. The molecule has 0 unspecified atom stereocenters. The van der Waals surface area contributed by atoms with Crippen molar-refractivity contribution in [1.29, 1.82) is 5.26 Å². The molecule has 4 heteroatoms. The highest BCUT2D eigenvalue weighted by molar-refractivity contribution is 5.81. The number of ether oxygens (including phenoxy) is 1. The average Bonchev–Trinajstić information content (AvgIpc) is 2.59. The molecule has 0 amide bonds. The van der Waals surface area contributed by atoms with Gasteiger partial charge in [0.2, 0.25) is 0 Å². The average molecular weight is 294 g/mol. The molecule has 0 heterocycles. The molecule has 2 aromatic carbocycles. The van der Waals surface area contributed by atoms with Crippen molar-refractivity contribution in [3.63, 3.8) is 0 Å². The van der Waals surface area contributed by atoms with Gasteiger partial charge in [-0.2, -0.15) is 5.26 Å². The summed E-state index contributed by atoms with van der Waals surface area (Å²) in [5, 5.41) is 20.5. The molecule has 4 nitrogen and oxygen atoms in total. The molecule has 1 N–H and O–H groups in total. The zero-order valence-electron chi connectivity index (χ0n) is 12.5. The zero-order chi connectivity index (χ0) is 15.8. The number of nitriles is 1. The molecular weight excluding hydrogens is 276 g/mol. The van der Waals surface area contributed by atoms with E-state index in [0.717, 1.165) is 29.9 Å². The molecule has 0 aliphatic carbocycles. The highest BCUT2D eigenvalue weighted by Gasteiger charge is 1.99. The van der Waals surface area contributed by atoms with Gasteiger partial charge in [0, 0.05) is 0 Å². The maximum absolute atomic E-state index is 8.75. The minimum atomic E-state index is 0.474. The quantitative estimate of drug-likeness (QED) is 0.499. The van der Waals surface area contributed by atoms with E-state index in [4.69, 9.17) is 15.2 Å². The Labute approximate surface area is 130 Å². The van der Waals surface area contributed by atoms with E-state index in [1.807, 2.05) is 36.4 Å². The molecular formula is C18H18N2O2. The molecule has 0 saturated heterocycles. The fraction of sp³-hybridized carbons (Fsp3) is 0.222. The smallest absolute Gasteiger partial charge is 0.119 e. The third-order valence-electron chi connectivity index (χ3n) is 3.36. The summed E-state index contributed by atoms with van der Waals surface area (Å²) >= 11 is 0. The van der Waals surface area contributed by atoms with E-state index in [2.05, 4.69) is 11.2 Å². The number of nitrogens with zero attached hydrogens (tertiary/aromatic N) is 2. The van der Waals surface area contributed by atoms with E-state index in [9.17, 15) is 0 Å². The Hall–Kier alpha value is -2.80. The lowest BCUT2D eigenvalue weighted by Crippen LogP contribution is -1.97. The standard InChI is InChI=1S/C18H18N2O2/c1-14(20-21)2-3-15-8-10-18(11-9-15)22-13-17-6-4-16(12-19)5-7-17/h4-11,21H,2-3,13H2,1H3/b20-14+. The van der Waals surface area contributed by atoms with Gasteiger partial charge in [-0.05, 0) is 55.2 Å². The molecule has 0 aliphatic rings. The van der Waals surface area contributed by atoms with Crippen molar-refractivity contribution in [2.75, 3.05) is 0 Å². The lowest BCUT2D eigenvalue weighted by atomic mass is 10.1. The number of oxime groups is 1. The van der Waals surface area contributed by atoms with Crippen LogP contribution < -0.4 is 4.74 Å². The van der Waals surface area contributed by atoms with Gasteiger partial charge in [0.25, 0.3) is 0 Å². The van der Waals surface area contributed by atoms with Crippen molar-refractivity contribution in [1.82, 2.24) is 0 Å². The molecule has 0 saturated carbocycles. The number of aryl methyl sites for hydroxylation is 1. The lowest BCUT2D eigenvalue weighted by Gasteiger charge is -2.07. The van der Waals surface area contributed by atoms with Gasteiger partial charge in [0.1, 0.15) is 12.4 Å². The Morgan fingerprint density at radius 1 is 1.09 bits per heavy atom. The first-order valence-electron chi connectivity index (χ1n) is 7.09. The second-order valence-electron chi connectivity index (χ2n) is 5.08. The van der Waals surface area contributed by atoms with E-state index in [-0.39, 0.29) is 0 Å². The predicted molar refractivity (Wildman–Crippen MR) is 85.1 cm³/mol. The summed E-state index contributed by atoms with van der Waals surface area (Å²) in [5.74, 6) is 0.806. The molecule has 112 valence electrons. The first kappa shape index (κ1) is 15.6. The zero-order valence-corrected chi connectivity index (χ0v) is 12.5. The van der Waals surface area contributed by atoms with Crippen LogP contribution in [0.1, 0.15) is 30.0 Å². The monoisotopic (exact) mass is 294 g/mol. The normalized spacial score (nSPS) is 11.0. The minimum absolute atomic E-state index is 0.474. The summed E-state index contributed by atoms with van der Waals surface area (Å²) in [5.41, 5.74) is 3.57. The number of rotatable bonds is 6. The van der Waals surface area contributed by atoms with E-state index in [1.165, 1.54) is 5.56 Å². The Bertz CT molecular complexity index is 668. The number of hydrogen-bond acceptors (Lipinski definition) is 4. The molecule has 0 aliphatic heterocycles. The maximum Gasteiger partial charge on any atom is 0.119 e. The second kappa shape index (κ2) is 7.84. The second-order valence-corrected chi connectivity index (χ2v) is 5.08. The van der Waals surface area contributed by atoms with Gasteiger partial charge in [-0.25, -0.2) is 0 Å². The summed E-state index contributed by atoms with van der Waals surface area (Å²) in [6, 6.07) is 17.3. The van der Waals surface area contributed by atoms with E-state index >= 15 is 0 Å². The van der Waals surface area contributed by atoms with Crippen LogP contribution in [0.4, 0.5) is 0 Å². The minimum Gasteiger partial charge on any atom is -0.489 e. The topological polar surface area (TPSA) is 65.6 Å². The van der Waals surface area contributed by atoms with Gasteiger partial charge < -0.3 is 9.94 Å². The fourth-order valence-corrected chi connectivity index (χ4v) is 1.97. The van der Waals surface area contributed by atoms with Gasteiger partial charge in [0.05, 0.1) is 17.3 Å². The largest absolute Gasteiger partial charge is 0.489 e. The summed E-state index contributed by atoms with van der Waals surface area (Å²) in [6.07, 6.45) is 1.58. The molecule has 0 fully saturated rings. The van der Waals surface area contributed by atoms with Crippen molar-refractivity contribution >= 4 is 5.71 Å². The highest BCUT2D eigenvalue weighted by Crippen LogP contribution is 2.15. The molecule has 0 atom stereocenters. The lowest BCUT2D eigenvalue weighted by molar-refractivity contribution is 0.306. The molecule has 0 bridgehead atoms. The molecule has 2 rings (SSSR count). The molecule has 22 heavy (non-hydrogen) atoms. The third-order valence-corrected chi connectivity index (χ3v) is 3.36. The summed E-state index contributed by atoms with van der Waals surface area (Å²) in [4.78, 5) is 0. The number of benzene rings is 2. The Morgan fingerprint density at radius 3 is 2.32 bits per heavy atom. The maximum atomic E-state index is 8.75. The van der Waals surface area contributed by atoms with Crippen LogP contribution in [0.2, 0.25) is 0 Å². The Kier molecular flexibility index (Phi) is 5.56. The van der Waals surface area contributed by atoms with Crippen LogP contribution in [-0.4, -0.2) is 10.9 Å². The molecule has 0 aromatic heterocycles. The summed E-state index contributed by atoms with van der Waals surface area (Å²) < 4.78 is 5.72. The van der Waals surface area contributed by atoms with Crippen molar-refractivity contribution in [2.24, 2.45) is 5.16 Å². The first-order valence-corrected chi connectivity index (χ1v) is 7.09. The van der Waals surface area contributed by atoms with Crippen molar-refractivity contribution < 1.29 is 9.94 Å². The number of hydrogen-bond donors (Lipinski definition) is 1. The molecule has 2 aromatic rings. The predicted octanol–water partition coefficient (Wildman–Crippen LogP) is 3.92. The van der Waals surface area contributed by atoms with Crippen LogP contribution in [0.3, 0.4) is 0 Å². The summed E-state index contributed by atoms with van der Waals surface area (Å²) in [6.45, 7) is 2.27. The first-order chi connectivity index (χ1) is 10.7. The van der Waals surface area contributed by atoms with Gasteiger partial charge in [-0.3, -0.25) is 0 Å². The van der Waals surface area contributed by atoms with E-state index in [0.29, 0.717) is 12.2 Å². The SMILES string of the molecule is C/C(CCc1ccc(OCc2ccc(C#N)cc2)cc1)=N\O. The van der Waals surface area contributed by atoms with Crippen molar-refractivity contribution in [3.8, 4) is 11.8 Å². The van der Waals surface area contributed by atoms with Crippen LogP contribution in [0, 0.1) is 11.3 Å². The molecule has 0 radical (unpaired) electrons. The Balaban J connectivity index is 1.87. The molecule has 0 spiro atoms. The Morgan fingerprint density at radius 2 is 1.73 bits per heavy atom. The van der Waals surface area contributed by atoms with Crippen LogP contribution in [0.15, 0.2) is 53.7 Å². The van der Waals surface area contributed by atoms with Gasteiger partial charge >= 0.3 is 0 Å². The van der Waals surface area contributed by atoms with Crippen molar-refractivity contribution in [2.45, 2.75) is 26.4 Å². The van der Waals surface area contributed by atoms with Crippen LogP contribution in [-0.2, 0) is 13.0 Å². The van der Waals surface area contributed by atoms with Crippen molar-refractivity contribution in [3.05, 3.63) is 65.2 Å². The van der Waals surface area contributed by atoms with Crippen LogP contribution in [0.25, 0.3) is 0 Å². The van der Waals surface area contributed by atoms with Gasteiger partial charge in [0.15, 0.2) is 0 Å². The van der Waals surface area contributed by atoms with Crippen LogP contribution in [0.5, 0.6) is 5.75 Å². The highest BCUT2D eigenvalue weighted by atomic mass is 16.5. The van der Waals surface area contributed by atoms with Gasteiger partial charge in [-0.1, -0.05) is 29.4 Å².